The number of aliphatic hydroxyl groups is 5. The van der Waals surface area contributed by atoms with E-state index in [0.717, 1.165) is 6.08 Å². The predicted octanol–water partition coefficient (Wildman–Crippen LogP) is -3.21. The Labute approximate surface area is 96.0 Å². The minimum atomic E-state index is -1.73. The number of aliphatic hydroxyl groups excluding tert-OH is 5. The van der Waals surface area contributed by atoms with Gasteiger partial charge in [0, 0.05) is 0 Å². The maximum atomic E-state index is 10.6. The second-order valence-corrected chi connectivity index (χ2v) is 3.64. The highest BCUT2D eigenvalue weighted by Crippen LogP contribution is 2.22. The molecule has 0 aromatic carbocycles. The zero-order chi connectivity index (χ0) is 13.2. The van der Waals surface area contributed by atoms with E-state index < -0.39 is 48.9 Å². The first-order chi connectivity index (χ1) is 7.88. The lowest BCUT2D eigenvalue weighted by Crippen LogP contribution is -2.53. The Balaban J connectivity index is 2.87. The summed E-state index contributed by atoms with van der Waals surface area (Å²) in [4.78, 5) is 10.6. The monoisotopic (exact) mass is 250 g/mol. The Kier molecular flexibility index (Phi) is 4.43. The van der Waals surface area contributed by atoms with Crippen molar-refractivity contribution in [3.8, 4) is 0 Å². The van der Waals surface area contributed by atoms with Gasteiger partial charge in [0.1, 0.15) is 24.4 Å². The third-order valence-electron chi connectivity index (χ3n) is 2.40. The van der Waals surface area contributed by atoms with Crippen molar-refractivity contribution in [2.75, 3.05) is 6.61 Å². The molecule has 0 amide bonds. The lowest BCUT2D eigenvalue weighted by atomic mass is 9.96. The van der Waals surface area contributed by atoms with E-state index in [4.69, 9.17) is 20.1 Å². The number of carboxylic acid groups (broad SMARTS) is 1. The van der Waals surface area contributed by atoms with Gasteiger partial charge in [-0.2, -0.15) is 0 Å². The van der Waals surface area contributed by atoms with E-state index >= 15 is 0 Å². The molecule has 0 radical (unpaired) electrons. The smallest absolute Gasteiger partial charge is 0.370 e. The van der Waals surface area contributed by atoms with Crippen LogP contribution in [-0.4, -0.2) is 73.7 Å². The van der Waals surface area contributed by atoms with Crippen LogP contribution in [0.15, 0.2) is 11.8 Å². The molecule has 0 aromatic heterocycles. The largest absolute Gasteiger partial charge is 0.478 e. The van der Waals surface area contributed by atoms with E-state index in [1.165, 1.54) is 0 Å². The van der Waals surface area contributed by atoms with Crippen molar-refractivity contribution in [1.29, 1.82) is 0 Å². The minimum Gasteiger partial charge on any atom is -0.478 e. The Hall–Kier alpha value is -1.19. The summed E-state index contributed by atoms with van der Waals surface area (Å²) >= 11 is 0. The first kappa shape index (κ1) is 13.9. The van der Waals surface area contributed by atoms with Gasteiger partial charge in [0.25, 0.3) is 0 Å². The predicted molar refractivity (Wildman–Crippen MR) is 51.7 cm³/mol. The fourth-order valence-electron chi connectivity index (χ4n) is 1.42. The second kappa shape index (κ2) is 5.43. The maximum Gasteiger partial charge on any atom is 0.370 e. The van der Waals surface area contributed by atoms with Crippen LogP contribution < -0.4 is 0 Å². The van der Waals surface area contributed by atoms with Gasteiger partial charge in [0.2, 0.25) is 5.76 Å². The van der Waals surface area contributed by atoms with Crippen LogP contribution in [0.4, 0.5) is 0 Å². The van der Waals surface area contributed by atoms with Crippen molar-refractivity contribution >= 4 is 5.97 Å². The molecule has 98 valence electrons. The molecule has 0 unspecified atom stereocenters. The fourth-order valence-corrected chi connectivity index (χ4v) is 1.42. The molecule has 1 aliphatic heterocycles. The molecule has 1 heterocycles. The van der Waals surface area contributed by atoms with Crippen LogP contribution in [0, 0.1) is 0 Å². The van der Waals surface area contributed by atoms with Crippen molar-refractivity contribution in [2.45, 2.75) is 30.5 Å². The van der Waals surface area contributed by atoms with Gasteiger partial charge >= 0.3 is 5.97 Å². The van der Waals surface area contributed by atoms with Gasteiger partial charge < -0.3 is 35.4 Å². The Morgan fingerprint density at radius 1 is 1.41 bits per heavy atom. The maximum absolute atomic E-state index is 10.6. The standard InChI is InChI=1S/C9H14O8/c10-2-4(12)7(14)8-6(13)3(11)1-5(17-8)9(15)16/h1,3-4,6-8,10-14H,2H2,(H,15,16)/t3-,4-,6-,7-,8+/m1/s1. The molecule has 17 heavy (non-hydrogen) atoms. The van der Waals surface area contributed by atoms with Gasteiger partial charge in [0.05, 0.1) is 6.61 Å². The molecule has 0 aliphatic carbocycles. The molecule has 0 saturated heterocycles. The molecule has 1 aliphatic rings. The first-order valence-corrected chi connectivity index (χ1v) is 4.83. The number of hydrogen-bond acceptors (Lipinski definition) is 7. The third-order valence-corrected chi connectivity index (χ3v) is 2.40. The van der Waals surface area contributed by atoms with E-state index in [9.17, 15) is 20.1 Å². The number of ether oxygens (including phenoxy) is 1. The van der Waals surface area contributed by atoms with E-state index in [1.54, 1.807) is 0 Å². The van der Waals surface area contributed by atoms with Crippen LogP contribution >= 0.6 is 0 Å². The summed E-state index contributed by atoms with van der Waals surface area (Å²) in [6.07, 6.45) is -7.25. The molecule has 0 spiro atoms. The van der Waals surface area contributed by atoms with Gasteiger partial charge in [0.15, 0.2) is 6.10 Å². The normalized spacial score (nSPS) is 32.3. The third kappa shape index (κ3) is 2.93. The summed E-state index contributed by atoms with van der Waals surface area (Å²) in [7, 11) is 0. The number of carbonyl (C=O) groups is 1. The van der Waals surface area contributed by atoms with E-state index in [2.05, 4.69) is 0 Å². The lowest BCUT2D eigenvalue weighted by molar-refractivity contribution is -0.164. The van der Waals surface area contributed by atoms with E-state index in [1.807, 2.05) is 0 Å². The average molecular weight is 250 g/mol. The molecule has 0 saturated carbocycles. The van der Waals surface area contributed by atoms with Gasteiger partial charge in [-0.05, 0) is 6.08 Å². The van der Waals surface area contributed by atoms with Crippen LogP contribution in [0.1, 0.15) is 0 Å². The van der Waals surface area contributed by atoms with Gasteiger partial charge in [-0.1, -0.05) is 0 Å². The van der Waals surface area contributed by atoms with Gasteiger partial charge in [-0.25, -0.2) is 4.79 Å². The average Bonchev–Trinajstić information content (AvgIpc) is 2.30. The van der Waals surface area contributed by atoms with Gasteiger partial charge in [-0.3, -0.25) is 0 Å². The van der Waals surface area contributed by atoms with Crippen LogP contribution in [0.2, 0.25) is 0 Å². The van der Waals surface area contributed by atoms with Crippen molar-refractivity contribution in [3.63, 3.8) is 0 Å². The summed E-state index contributed by atoms with van der Waals surface area (Å²) < 4.78 is 4.75. The summed E-state index contributed by atoms with van der Waals surface area (Å²) in [6.45, 7) is -0.796. The van der Waals surface area contributed by atoms with Crippen molar-refractivity contribution in [2.24, 2.45) is 0 Å². The van der Waals surface area contributed by atoms with E-state index in [0.29, 0.717) is 0 Å². The molecule has 5 atom stereocenters. The van der Waals surface area contributed by atoms with Crippen molar-refractivity contribution in [1.82, 2.24) is 0 Å². The van der Waals surface area contributed by atoms with Gasteiger partial charge in [-0.15, -0.1) is 0 Å². The van der Waals surface area contributed by atoms with E-state index in [-0.39, 0.29) is 0 Å². The minimum absolute atomic E-state index is 0.642. The summed E-state index contributed by atoms with van der Waals surface area (Å²) in [5.41, 5.74) is 0. The highest BCUT2D eigenvalue weighted by molar-refractivity contribution is 5.84. The highest BCUT2D eigenvalue weighted by Gasteiger charge is 2.41. The second-order valence-electron chi connectivity index (χ2n) is 3.64. The molecule has 0 bridgehead atoms. The zero-order valence-corrected chi connectivity index (χ0v) is 8.67. The summed E-state index contributed by atoms with van der Waals surface area (Å²) in [5, 5.41) is 54.8. The molecule has 1 rings (SSSR count). The summed E-state index contributed by atoms with van der Waals surface area (Å²) in [6, 6.07) is 0. The Bertz CT molecular complexity index is 314. The number of rotatable bonds is 4. The first-order valence-electron chi connectivity index (χ1n) is 4.83. The number of carboxylic acids is 1. The molecular formula is C9H14O8. The van der Waals surface area contributed by atoms with Crippen LogP contribution in [0.5, 0.6) is 0 Å². The SMILES string of the molecule is O=C(O)C1=C[C@@H](O)[C@@H](O)[C@@H]([C@H](O)[C@H](O)CO)O1. The highest BCUT2D eigenvalue weighted by atomic mass is 16.5. The summed E-state index contributed by atoms with van der Waals surface area (Å²) in [5.74, 6) is -2.12. The van der Waals surface area contributed by atoms with Crippen LogP contribution in [-0.2, 0) is 9.53 Å². The number of aliphatic carboxylic acids is 1. The molecule has 6 N–H and O–H groups in total. The Morgan fingerprint density at radius 2 is 2.00 bits per heavy atom. The molecule has 8 nitrogen and oxygen atoms in total. The molecule has 0 fully saturated rings. The molecule has 0 aromatic rings. The van der Waals surface area contributed by atoms with Crippen molar-refractivity contribution in [3.05, 3.63) is 11.8 Å². The lowest BCUT2D eigenvalue weighted by Gasteiger charge is -2.34. The Morgan fingerprint density at radius 3 is 2.47 bits per heavy atom. The fraction of sp³-hybridized carbons (Fsp3) is 0.667. The molecular weight excluding hydrogens is 236 g/mol. The molecule has 8 heteroatoms. The van der Waals surface area contributed by atoms with Crippen molar-refractivity contribution < 1.29 is 40.2 Å². The van der Waals surface area contributed by atoms with Crippen LogP contribution in [0.25, 0.3) is 0 Å². The number of hydrogen-bond donors (Lipinski definition) is 6. The van der Waals surface area contributed by atoms with Crippen LogP contribution in [0.3, 0.4) is 0 Å². The quantitative estimate of drug-likeness (QED) is 0.305. The topological polar surface area (TPSA) is 148 Å². The zero-order valence-electron chi connectivity index (χ0n) is 8.67.